The number of fused-ring (bicyclic) bond motifs is 1. The molecule has 3 heterocycles. The molecule has 0 saturated carbocycles. The van der Waals surface area contributed by atoms with Crippen LogP contribution in [-0.2, 0) is 14.4 Å². The van der Waals surface area contributed by atoms with E-state index in [0.29, 0.717) is 12.1 Å². The highest BCUT2D eigenvalue weighted by Gasteiger charge is 2.57. The maximum Gasteiger partial charge on any atom is 0.264 e. The number of carbonyl (C=O) groups excluding carboxylic acids is 3. The Bertz CT molecular complexity index is 1680. The molecule has 0 unspecified atom stereocenters. The van der Waals surface area contributed by atoms with Crippen molar-refractivity contribution >= 4 is 45.1 Å². The second-order valence-corrected chi connectivity index (χ2v) is 10.5. The van der Waals surface area contributed by atoms with Crippen LogP contribution in [0.25, 0.3) is 0 Å². The van der Waals surface area contributed by atoms with Crippen molar-refractivity contribution in [2.75, 3.05) is 11.4 Å². The zero-order valence-electron chi connectivity index (χ0n) is 21.0. The van der Waals surface area contributed by atoms with Crippen molar-refractivity contribution < 1.29 is 36.3 Å². The normalized spacial score (nSPS) is 21.4. The molecule has 3 amide bonds. The largest absolute Gasteiger partial charge is 0.271 e. The fraction of sp³-hybridized carbons (Fsp3) is 0.185. The van der Waals surface area contributed by atoms with E-state index in [9.17, 15) is 36.3 Å². The highest BCUT2D eigenvalue weighted by Crippen LogP contribution is 2.38. The van der Waals surface area contributed by atoms with Crippen molar-refractivity contribution in [2.24, 2.45) is 15.4 Å². The molecule has 0 aliphatic carbocycles. The summed E-state index contributed by atoms with van der Waals surface area (Å²) in [4.78, 5) is 39.5. The van der Waals surface area contributed by atoms with Gasteiger partial charge in [0.05, 0.1) is 11.8 Å². The fourth-order valence-electron chi connectivity index (χ4n) is 5.07. The van der Waals surface area contributed by atoms with E-state index in [1.807, 2.05) is 42.5 Å². The summed E-state index contributed by atoms with van der Waals surface area (Å²) < 4.78 is 71.1. The van der Waals surface area contributed by atoms with Gasteiger partial charge in [-0.05, 0) is 23.3 Å². The van der Waals surface area contributed by atoms with E-state index in [0.717, 1.165) is 20.6 Å². The van der Waals surface area contributed by atoms with Crippen LogP contribution in [0.2, 0.25) is 0 Å². The van der Waals surface area contributed by atoms with E-state index in [4.69, 9.17) is 0 Å². The lowest BCUT2D eigenvalue weighted by molar-refractivity contribution is -0.135. The van der Waals surface area contributed by atoms with Crippen LogP contribution in [0.4, 0.5) is 27.6 Å². The number of amides is 3. The van der Waals surface area contributed by atoms with Gasteiger partial charge >= 0.3 is 0 Å². The topological polar surface area (TPSA) is 98.0 Å². The summed E-state index contributed by atoms with van der Waals surface area (Å²) in [5.41, 5.74) is 0.428. The summed E-state index contributed by atoms with van der Waals surface area (Å²) >= 11 is 3.38. The molecule has 3 aliphatic heterocycles. The maximum atomic E-state index is 14.5. The number of rotatable bonds is 5. The Morgan fingerprint density at radius 1 is 0.857 bits per heavy atom. The molecule has 9 nitrogen and oxygen atoms in total. The van der Waals surface area contributed by atoms with Gasteiger partial charge in [-0.25, -0.2) is 31.9 Å². The Kier molecular flexibility index (Phi) is 6.83. The fourth-order valence-corrected chi connectivity index (χ4v) is 5.33. The van der Waals surface area contributed by atoms with Gasteiger partial charge in [0.1, 0.15) is 12.2 Å². The minimum Gasteiger partial charge on any atom is -0.271 e. The van der Waals surface area contributed by atoms with Crippen molar-refractivity contribution in [1.29, 1.82) is 0 Å². The molecule has 1 saturated heterocycles. The molecule has 0 spiro atoms. The van der Waals surface area contributed by atoms with Gasteiger partial charge in [-0.1, -0.05) is 63.6 Å². The molecule has 15 heteroatoms. The van der Waals surface area contributed by atoms with E-state index in [1.54, 1.807) is 12.1 Å². The summed E-state index contributed by atoms with van der Waals surface area (Å²) in [6.07, 6.45) is 0.358. The Morgan fingerprint density at radius 3 is 2.12 bits per heavy atom. The standard InChI is InChI=1S/C27H16BrF5N6O3/c28-14-8-6-12(7-9-14)15-10-16(13-4-2-1-3-5-13)39(35-15)17(40)11-37-25-23(34-36-37)26(41)38(27(25)42)24-21(32)19(30)18(29)20(31)22(24)33/h1-9,16,23,25H,10-11H2/t16-,23-,25-/m0/s1. The second-order valence-electron chi connectivity index (χ2n) is 9.55. The monoisotopic (exact) mass is 646 g/mol. The predicted molar refractivity (Wildman–Crippen MR) is 139 cm³/mol. The molecule has 214 valence electrons. The van der Waals surface area contributed by atoms with Crippen LogP contribution in [0.1, 0.15) is 23.6 Å². The van der Waals surface area contributed by atoms with E-state index >= 15 is 0 Å². The van der Waals surface area contributed by atoms with Crippen LogP contribution in [-0.4, -0.2) is 52.1 Å². The van der Waals surface area contributed by atoms with Gasteiger partial charge in [-0.3, -0.25) is 19.4 Å². The Balaban J connectivity index is 1.29. The molecule has 0 bridgehead atoms. The van der Waals surface area contributed by atoms with Gasteiger partial charge in [0.2, 0.25) is 5.82 Å². The van der Waals surface area contributed by atoms with Crippen molar-refractivity contribution in [3.63, 3.8) is 0 Å². The summed E-state index contributed by atoms with van der Waals surface area (Å²) in [6.45, 7) is -0.630. The van der Waals surface area contributed by atoms with E-state index in [1.165, 1.54) is 5.01 Å². The number of anilines is 1. The predicted octanol–water partition coefficient (Wildman–Crippen LogP) is 4.82. The van der Waals surface area contributed by atoms with E-state index < -0.39 is 77.2 Å². The molecular formula is C27H16BrF5N6O3. The van der Waals surface area contributed by atoms with Crippen molar-refractivity contribution in [2.45, 2.75) is 24.5 Å². The third kappa shape index (κ3) is 4.35. The van der Waals surface area contributed by atoms with Crippen molar-refractivity contribution in [3.05, 3.63) is 99.3 Å². The molecule has 0 N–H and O–H groups in total. The van der Waals surface area contributed by atoms with Crippen LogP contribution in [0.3, 0.4) is 0 Å². The van der Waals surface area contributed by atoms with Crippen molar-refractivity contribution in [3.8, 4) is 0 Å². The number of hydrazone groups is 1. The second kappa shape index (κ2) is 10.4. The highest BCUT2D eigenvalue weighted by molar-refractivity contribution is 9.10. The molecule has 42 heavy (non-hydrogen) atoms. The third-order valence-corrected chi connectivity index (χ3v) is 7.62. The molecule has 6 rings (SSSR count). The van der Waals surface area contributed by atoms with E-state index in [-0.39, 0.29) is 4.90 Å². The van der Waals surface area contributed by atoms with Crippen LogP contribution < -0.4 is 4.90 Å². The molecule has 3 aromatic rings. The lowest BCUT2D eigenvalue weighted by atomic mass is 9.98. The molecule has 0 radical (unpaired) electrons. The van der Waals surface area contributed by atoms with Gasteiger partial charge in [0.25, 0.3) is 17.7 Å². The van der Waals surface area contributed by atoms with Gasteiger partial charge in [-0.2, -0.15) is 10.2 Å². The average Bonchev–Trinajstić information content (AvgIpc) is 3.68. The average molecular weight is 647 g/mol. The van der Waals surface area contributed by atoms with Crippen LogP contribution >= 0.6 is 15.9 Å². The Morgan fingerprint density at radius 2 is 1.48 bits per heavy atom. The Hall–Kier alpha value is -4.53. The summed E-state index contributed by atoms with van der Waals surface area (Å²) in [5.74, 6) is -15.2. The van der Waals surface area contributed by atoms with Crippen LogP contribution in [0.5, 0.6) is 0 Å². The SMILES string of the molecule is O=C1[C@H]2N=NN(CC(=O)N3N=C(c4ccc(Br)cc4)C[C@H]3c3ccccc3)[C@@H]2C(=O)N1c1c(F)c(F)c(F)c(F)c1F. The molecule has 1 fully saturated rings. The number of carbonyl (C=O) groups is 3. The van der Waals surface area contributed by atoms with Crippen LogP contribution in [0.15, 0.2) is 74.5 Å². The molecule has 3 atom stereocenters. The van der Waals surface area contributed by atoms with Gasteiger partial charge in [-0.15, -0.1) is 0 Å². The summed E-state index contributed by atoms with van der Waals surface area (Å²) in [7, 11) is 0. The number of hydrogen-bond donors (Lipinski definition) is 0. The maximum absolute atomic E-state index is 14.5. The molecule has 3 aliphatic rings. The number of imide groups is 1. The third-order valence-electron chi connectivity index (χ3n) is 7.09. The summed E-state index contributed by atoms with van der Waals surface area (Å²) in [6, 6.07) is 12.5. The highest BCUT2D eigenvalue weighted by atomic mass is 79.9. The van der Waals surface area contributed by atoms with Gasteiger partial charge in [0.15, 0.2) is 35.4 Å². The summed E-state index contributed by atoms with van der Waals surface area (Å²) in [5, 5.41) is 14.0. The number of benzene rings is 3. The minimum atomic E-state index is -2.44. The first-order chi connectivity index (χ1) is 20.1. The minimum absolute atomic E-state index is 0.145. The molecular weight excluding hydrogens is 631 g/mol. The molecule has 0 aromatic heterocycles. The van der Waals surface area contributed by atoms with E-state index in [2.05, 4.69) is 31.4 Å². The Labute approximate surface area is 242 Å². The van der Waals surface area contributed by atoms with Crippen LogP contribution in [0, 0.1) is 29.1 Å². The number of hydrogen-bond acceptors (Lipinski definition) is 7. The quantitative estimate of drug-likeness (QED) is 0.172. The number of nitrogens with zero attached hydrogens (tertiary/aromatic N) is 6. The lowest BCUT2D eigenvalue weighted by Gasteiger charge is -2.25. The smallest absolute Gasteiger partial charge is 0.264 e. The lowest BCUT2D eigenvalue weighted by Crippen LogP contribution is -2.45. The van der Waals surface area contributed by atoms with Gasteiger partial charge in [0, 0.05) is 10.9 Å². The zero-order valence-corrected chi connectivity index (χ0v) is 22.6. The first-order valence-electron chi connectivity index (χ1n) is 12.4. The first-order valence-corrected chi connectivity index (χ1v) is 13.1. The zero-order chi connectivity index (χ0) is 29.9. The van der Waals surface area contributed by atoms with Gasteiger partial charge < -0.3 is 0 Å². The first kappa shape index (κ1) is 27.6. The van der Waals surface area contributed by atoms with Crippen molar-refractivity contribution in [1.82, 2.24) is 10.0 Å². The molecule has 3 aromatic carbocycles. The number of halogens is 6.